The molecule has 2 nitrogen and oxygen atoms in total. The Bertz CT molecular complexity index is 297. The van der Waals surface area contributed by atoms with E-state index in [9.17, 15) is 0 Å². The Morgan fingerprint density at radius 1 is 1.18 bits per heavy atom. The second kappa shape index (κ2) is 7.44. The molecule has 1 aromatic heterocycles. The summed E-state index contributed by atoms with van der Waals surface area (Å²) in [4.78, 5) is 4.04. The second-order valence-electron chi connectivity index (χ2n) is 5.08. The zero-order valence-electron chi connectivity index (χ0n) is 11.5. The van der Waals surface area contributed by atoms with Crippen molar-refractivity contribution < 1.29 is 0 Å². The molecule has 0 fully saturated rings. The van der Waals surface area contributed by atoms with Crippen molar-refractivity contribution in [1.29, 1.82) is 0 Å². The van der Waals surface area contributed by atoms with Gasteiger partial charge in [0.2, 0.25) is 0 Å². The molecule has 0 aliphatic carbocycles. The maximum atomic E-state index is 4.04. The molecule has 1 aromatic rings. The molecule has 0 saturated heterocycles. The molecule has 1 heterocycles. The van der Waals surface area contributed by atoms with E-state index >= 15 is 0 Å². The first-order chi connectivity index (χ1) is 8.20. The van der Waals surface area contributed by atoms with Crippen LogP contribution in [-0.4, -0.2) is 10.5 Å². The third-order valence-corrected chi connectivity index (χ3v) is 3.58. The van der Waals surface area contributed by atoms with Gasteiger partial charge in [0.1, 0.15) is 0 Å². The number of rotatable bonds is 8. The molecule has 2 heteroatoms. The van der Waals surface area contributed by atoms with Crippen molar-refractivity contribution in [1.82, 2.24) is 10.3 Å². The van der Waals surface area contributed by atoms with Crippen molar-refractivity contribution in [3.05, 3.63) is 30.1 Å². The monoisotopic (exact) mass is 234 g/mol. The Hall–Kier alpha value is -0.890. The van der Waals surface area contributed by atoms with Gasteiger partial charge in [0.05, 0.1) is 0 Å². The number of nitrogens with zero attached hydrogens (tertiary/aromatic N) is 1. The lowest BCUT2D eigenvalue weighted by Gasteiger charge is -2.30. The lowest BCUT2D eigenvalue weighted by molar-refractivity contribution is 0.306. The Labute approximate surface area is 106 Å². The smallest absolute Gasteiger partial charge is 0.0271 e. The molecule has 1 N–H and O–H groups in total. The van der Waals surface area contributed by atoms with E-state index in [0.717, 1.165) is 6.54 Å². The maximum Gasteiger partial charge on any atom is 0.0271 e. The molecule has 0 bridgehead atoms. The molecule has 0 spiro atoms. The molecule has 0 aromatic carbocycles. The SMILES string of the molecule is CCCCCC(C)(CC)NCc1ccncc1. The summed E-state index contributed by atoms with van der Waals surface area (Å²) >= 11 is 0. The maximum absolute atomic E-state index is 4.04. The molecule has 1 rings (SSSR count). The number of unbranched alkanes of at least 4 members (excludes halogenated alkanes) is 2. The molecule has 0 aliphatic heterocycles. The quantitative estimate of drug-likeness (QED) is 0.690. The van der Waals surface area contributed by atoms with Gasteiger partial charge in [0, 0.05) is 24.5 Å². The van der Waals surface area contributed by atoms with Gasteiger partial charge in [0.25, 0.3) is 0 Å². The summed E-state index contributed by atoms with van der Waals surface area (Å²) in [6.45, 7) is 7.81. The Morgan fingerprint density at radius 3 is 2.47 bits per heavy atom. The van der Waals surface area contributed by atoms with Crippen molar-refractivity contribution >= 4 is 0 Å². The van der Waals surface area contributed by atoms with Crippen molar-refractivity contribution in [2.24, 2.45) is 0 Å². The Morgan fingerprint density at radius 2 is 1.88 bits per heavy atom. The fourth-order valence-corrected chi connectivity index (χ4v) is 1.97. The van der Waals surface area contributed by atoms with Gasteiger partial charge in [-0.05, 0) is 37.5 Å². The predicted octanol–water partition coefficient (Wildman–Crippen LogP) is 3.92. The fourth-order valence-electron chi connectivity index (χ4n) is 1.97. The molecule has 1 unspecified atom stereocenters. The van der Waals surface area contributed by atoms with E-state index in [1.807, 2.05) is 12.4 Å². The third kappa shape index (κ3) is 5.31. The summed E-state index contributed by atoms with van der Waals surface area (Å²) < 4.78 is 0. The molecule has 0 saturated carbocycles. The van der Waals surface area contributed by atoms with E-state index in [0.29, 0.717) is 0 Å². The Balaban J connectivity index is 2.40. The van der Waals surface area contributed by atoms with Gasteiger partial charge in [-0.1, -0.05) is 33.1 Å². The van der Waals surface area contributed by atoms with Crippen LogP contribution in [0.2, 0.25) is 0 Å². The summed E-state index contributed by atoms with van der Waals surface area (Å²) in [7, 11) is 0. The first kappa shape index (κ1) is 14.2. The number of hydrogen-bond donors (Lipinski definition) is 1. The van der Waals surface area contributed by atoms with Crippen LogP contribution >= 0.6 is 0 Å². The molecule has 0 radical (unpaired) electrons. The minimum atomic E-state index is 0.276. The number of aromatic nitrogens is 1. The highest BCUT2D eigenvalue weighted by atomic mass is 15.0. The fraction of sp³-hybridized carbons (Fsp3) is 0.667. The van der Waals surface area contributed by atoms with E-state index in [1.165, 1.54) is 37.7 Å². The van der Waals surface area contributed by atoms with Gasteiger partial charge in [-0.15, -0.1) is 0 Å². The summed E-state index contributed by atoms with van der Waals surface area (Å²) in [5.74, 6) is 0. The lowest BCUT2D eigenvalue weighted by atomic mass is 9.91. The van der Waals surface area contributed by atoms with Crippen LogP contribution in [0.3, 0.4) is 0 Å². The lowest BCUT2D eigenvalue weighted by Crippen LogP contribution is -2.41. The van der Waals surface area contributed by atoms with Crippen LogP contribution in [-0.2, 0) is 6.54 Å². The standard InChI is InChI=1S/C15H26N2/c1-4-6-7-10-15(3,5-2)17-13-14-8-11-16-12-9-14/h8-9,11-12,17H,4-7,10,13H2,1-3H3. The van der Waals surface area contributed by atoms with Crippen LogP contribution in [0, 0.1) is 0 Å². The molecule has 1 atom stereocenters. The number of hydrogen-bond acceptors (Lipinski definition) is 2. The van der Waals surface area contributed by atoms with Gasteiger partial charge in [-0.3, -0.25) is 4.98 Å². The molecule has 96 valence electrons. The molecular weight excluding hydrogens is 208 g/mol. The second-order valence-corrected chi connectivity index (χ2v) is 5.08. The molecule has 0 amide bonds. The van der Waals surface area contributed by atoms with Gasteiger partial charge in [0.15, 0.2) is 0 Å². The van der Waals surface area contributed by atoms with Crippen molar-refractivity contribution in [2.75, 3.05) is 0 Å². The minimum Gasteiger partial charge on any atom is -0.307 e. The van der Waals surface area contributed by atoms with Crippen LogP contribution in [0.4, 0.5) is 0 Å². The van der Waals surface area contributed by atoms with E-state index in [2.05, 4.69) is 43.2 Å². The predicted molar refractivity (Wildman–Crippen MR) is 73.9 cm³/mol. The minimum absolute atomic E-state index is 0.276. The zero-order valence-corrected chi connectivity index (χ0v) is 11.5. The first-order valence-corrected chi connectivity index (χ1v) is 6.84. The first-order valence-electron chi connectivity index (χ1n) is 6.84. The van der Waals surface area contributed by atoms with Crippen LogP contribution < -0.4 is 5.32 Å². The average molecular weight is 234 g/mol. The molecule has 17 heavy (non-hydrogen) atoms. The summed E-state index contributed by atoms with van der Waals surface area (Å²) in [5.41, 5.74) is 1.59. The molecule has 0 aliphatic rings. The van der Waals surface area contributed by atoms with E-state index in [1.54, 1.807) is 0 Å². The normalized spacial score (nSPS) is 14.5. The van der Waals surface area contributed by atoms with Gasteiger partial charge in [-0.25, -0.2) is 0 Å². The van der Waals surface area contributed by atoms with E-state index in [4.69, 9.17) is 0 Å². The van der Waals surface area contributed by atoms with E-state index in [-0.39, 0.29) is 5.54 Å². The van der Waals surface area contributed by atoms with Gasteiger partial charge < -0.3 is 5.32 Å². The third-order valence-electron chi connectivity index (χ3n) is 3.58. The van der Waals surface area contributed by atoms with Gasteiger partial charge in [-0.2, -0.15) is 0 Å². The van der Waals surface area contributed by atoms with Crippen molar-refractivity contribution in [3.8, 4) is 0 Å². The van der Waals surface area contributed by atoms with Crippen LogP contribution in [0.15, 0.2) is 24.5 Å². The van der Waals surface area contributed by atoms with Crippen LogP contribution in [0.1, 0.15) is 58.4 Å². The summed E-state index contributed by atoms with van der Waals surface area (Å²) in [6, 6.07) is 4.16. The van der Waals surface area contributed by atoms with Gasteiger partial charge >= 0.3 is 0 Å². The molecular formula is C15H26N2. The van der Waals surface area contributed by atoms with Crippen LogP contribution in [0.5, 0.6) is 0 Å². The summed E-state index contributed by atoms with van der Waals surface area (Å²) in [6.07, 6.45) is 10.1. The number of nitrogens with one attached hydrogen (secondary N) is 1. The van der Waals surface area contributed by atoms with Crippen molar-refractivity contribution in [3.63, 3.8) is 0 Å². The zero-order chi connectivity index (χ0) is 12.6. The average Bonchev–Trinajstić information content (AvgIpc) is 2.38. The Kier molecular flexibility index (Phi) is 6.20. The highest BCUT2D eigenvalue weighted by Gasteiger charge is 2.20. The highest BCUT2D eigenvalue weighted by Crippen LogP contribution is 2.19. The number of pyridine rings is 1. The van der Waals surface area contributed by atoms with E-state index < -0.39 is 0 Å². The van der Waals surface area contributed by atoms with Crippen LogP contribution in [0.25, 0.3) is 0 Å². The highest BCUT2D eigenvalue weighted by molar-refractivity contribution is 5.09. The summed E-state index contributed by atoms with van der Waals surface area (Å²) in [5, 5.41) is 3.69. The van der Waals surface area contributed by atoms with Crippen molar-refractivity contribution in [2.45, 2.75) is 65.0 Å². The topological polar surface area (TPSA) is 24.9 Å². The largest absolute Gasteiger partial charge is 0.307 e.